The van der Waals surface area contributed by atoms with E-state index in [9.17, 15) is 4.39 Å². The Hall–Kier alpha value is -1.32. The van der Waals surface area contributed by atoms with Gasteiger partial charge in [0.2, 0.25) is 0 Å². The van der Waals surface area contributed by atoms with Gasteiger partial charge in [-0.1, -0.05) is 36.0 Å². The molecule has 0 aromatic heterocycles. The van der Waals surface area contributed by atoms with Crippen molar-refractivity contribution in [2.75, 3.05) is 0 Å². The second-order valence-electron chi connectivity index (χ2n) is 5.50. The molecule has 0 amide bonds. The van der Waals surface area contributed by atoms with E-state index in [4.69, 9.17) is 5.53 Å². The van der Waals surface area contributed by atoms with Crippen molar-refractivity contribution < 1.29 is 4.39 Å². The molecule has 0 saturated heterocycles. The molecular formula is C12H16FN3Si. The molecule has 0 saturated carbocycles. The highest BCUT2D eigenvalue weighted by molar-refractivity contribution is 6.89. The summed E-state index contributed by atoms with van der Waals surface area (Å²) in [5.74, 6) is -0.225. The summed E-state index contributed by atoms with van der Waals surface area (Å²) in [5, 5.41) is 5.00. The molecule has 0 bridgehead atoms. The zero-order valence-electron chi connectivity index (χ0n) is 10.4. The third-order valence-electron chi connectivity index (χ3n) is 3.30. The van der Waals surface area contributed by atoms with Crippen molar-refractivity contribution in [3.05, 3.63) is 39.5 Å². The number of nitrogens with zero attached hydrogens (tertiary/aromatic N) is 3. The van der Waals surface area contributed by atoms with E-state index in [-0.39, 0.29) is 11.9 Å². The minimum atomic E-state index is -1.47. The quantitative estimate of drug-likeness (QED) is 0.332. The lowest BCUT2D eigenvalue weighted by Crippen LogP contribution is -2.40. The molecule has 0 heterocycles. The molecule has 90 valence electrons. The highest BCUT2D eigenvalue weighted by Gasteiger charge is 2.31. The first kappa shape index (κ1) is 12.1. The van der Waals surface area contributed by atoms with E-state index in [0.717, 1.165) is 18.4 Å². The molecule has 0 fully saturated rings. The standard InChI is InChI=1S/C12H16FN3Si/c1-17(2,3)11-7-5-9(13)12-8(11)4-6-10(12)15-16-14/h5,7,10H,4,6H2,1-3H3/t10-/m1/s1. The molecule has 0 aliphatic heterocycles. The van der Waals surface area contributed by atoms with Gasteiger partial charge in [-0.05, 0) is 35.6 Å². The van der Waals surface area contributed by atoms with Crippen LogP contribution in [0.15, 0.2) is 17.2 Å². The van der Waals surface area contributed by atoms with Crippen LogP contribution < -0.4 is 5.19 Å². The number of azide groups is 1. The molecule has 0 spiro atoms. The summed E-state index contributed by atoms with van der Waals surface area (Å²) in [6.45, 7) is 6.75. The summed E-state index contributed by atoms with van der Waals surface area (Å²) in [5.41, 5.74) is 10.3. The van der Waals surface area contributed by atoms with Gasteiger partial charge < -0.3 is 0 Å². The molecule has 2 rings (SSSR count). The van der Waals surface area contributed by atoms with Crippen LogP contribution in [0.4, 0.5) is 4.39 Å². The molecule has 5 heteroatoms. The van der Waals surface area contributed by atoms with Crippen molar-refractivity contribution in [3.63, 3.8) is 0 Å². The number of halogens is 1. The Labute approximate surface area is 101 Å². The molecule has 0 N–H and O–H groups in total. The van der Waals surface area contributed by atoms with Crippen molar-refractivity contribution >= 4 is 13.3 Å². The number of fused-ring (bicyclic) bond motifs is 1. The average molecular weight is 249 g/mol. The molecular weight excluding hydrogens is 233 g/mol. The van der Waals surface area contributed by atoms with Crippen LogP contribution in [0, 0.1) is 5.82 Å². The van der Waals surface area contributed by atoms with Crippen molar-refractivity contribution in [3.8, 4) is 0 Å². The number of benzene rings is 1. The summed E-state index contributed by atoms with van der Waals surface area (Å²) in [6.07, 6.45) is 1.56. The molecule has 1 aromatic carbocycles. The lowest BCUT2D eigenvalue weighted by Gasteiger charge is -2.21. The van der Waals surface area contributed by atoms with Gasteiger partial charge in [-0.15, -0.1) is 0 Å². The zero-order valence-corrected chi connectivity index (χ0v) is 11.4. The largest absolute Gasteiger partial charge is 0.207 e. The SMILES string of the molecule is C[Si](C)(C)c1ccc(F)c2c1CC[C@H]2N=[N+]=[N-]. The number of hydrogen-bond donors (Lipinski definition) is 0. The summed E-state index contributed by atoms with van der Waals surface area (Å²) in [4.78, 5) is 2.82. The van der Waals surface area contributed by atoms with Crippen molar-refractivity contribution in [2.45, 2.75) is 38.5 Å². The predicted molar refractivity (Wildman–Crippen MR) is 69.6 cm³/mol. The first-order valence-electron chi connectivity index (χ1n) is 5.81. The lowest BCUT2D eigenvalue weighted by atomic mass is 10.1. The van der Waals surface area contributed by atoms with E-state index in [1.807, 2.05) is 6.07 Å². The summed E-state index contributed by atoms with van der Waals surface area (Å²) in [7, 11) is -1.47. The van der Waals surface area contributed by atoms with Gasteiger partial charge in [0.1, 0.15) is 5.82 Å². The van der Waals surface area contributed by atoms with E-state index in [1.165, 1.54) is 11.3 Å². The Morgan fingerprint density at radius 2 is 2.12 bits per heavy atom. The molecule has 1 aromatic rings. The molecule has 17 heavy (non-hydrogen) atoms. The molecule has 1 atom stereocenters. The molecule has 1 aliphatic carbocycles. The summed E-state index contributed by atoms with van der Waals surface area (Å²) < 4.78 is 13.9. The van der Waals surface area contributed by atoms with Gasteiger partial charge in [-0.2, -0.15) is 0 Å². The van der Waals surface area contributed by atoms with Gasteiger partial charge >= 0.3 is 0 Å². The normalized spacial score (nSPS) is 18.7. The Morgan fingerprint density at radius 3 is 2.71 bits per heavy atom. The van der Waals surface area contributed by atoms with Crippen molar-refractivity contribution in [1.82, 2.24) is 0 Å². The third kappa shape index (κ3) is 2.08. The van der Waals surface area contributed by atoms with Gasteiger partial charge in [-0.25, -0.2) is 4.39 Å². The predicted octanol–water partition coefficient (Wildman–Crippen LogP) is 3.67. The van der Waals surface area contributed by atoms with Gasteiger partial charge in [0, 0.05) is 4.91 Å². The highest BCUT2D eigenvalue weighted by atomic mass is 28.3. The van der Waals surface area contributed by atoms with Gasteiger partial charge in [0.05, 0.1) is 14.1 Å². The maximum atomic E-state index is 13.9. The monoisotopic (exact) mass is 249 g/mol. The second-order valence-corrected chi connectivity index (χ2v) is 10.5. The Morgan fingerprint density at radius 1 is 1.41 bits per heavy atom. The first-order chi connectivity index (χ1) is 7.95. The lowest BCUT2D eigenvalue weighted by molar-refractivity contribution is 0.588. The zero-order chi connectivity index (χ0) is 12.6. The van der Waals surface area contributed by atoms with Crippen LogP contribution in [0.3, 0.4) is 0 Å². The Bertz CT molecular complexity index is 501. The highest BCUT2D eigenvalue weighted by Crippen LogP contribution is 2.36. The average Bonchev–Trinajstić information content (AvgIpc) is 2.62. The fraction of sp³-hybridized carbons (Fsp3) is 0.500. The number of rotatable bonds is 2. The molecule has 0 radical (unpaired) electrons. The van der Waals surface area contributed by atoms with Gasteiger partial charge in [0.15, 0.2) is 0 Å². The van der Waals surface area contributed by atoms with Crippen LogP contribution in [0.25, 0.3) is 10.4 Å². The van der Waals surface area contributed by atoms with Crippen molar-refractivity contribution in [2.24, 2.45) is 5.11 Å². The van der Waals surface area contributed by atoms with Crippen LogP contribution in [0.1, 0.15) is 23.6 Å². The minimum Gasteiger partial charge on any atom is -0.207 e. The van der Waals surface area contributed by atoms with Crippen LogP contribution in [-0.4, -0.2) is 8.07 Å². The maximum absolute atomic E-state index is 13.9. The fourth-order valence-electron chi connectivity index (χ4n) is 2.57. The Balaban J connectivity index is 2.61. The number of hydrogen-bond acceptors (Lipinski definition) is 1. The van der Waals surface area contributed by atoms with E-state index in [0.29, 0.717) is 5.56 Å². The van der Waals surface area contributed by atoms with Crippen LogP contribution >= 0.6 is 0 Å². The smallest absolute Gasteiger partial charge is 0.127 e. The van der Waals surface area contributed by atoms with Crippen LogP contribution in [0.2, 0.25) is 19.6 Å². The van der Waals surface area contributed by atoms with E-state index in [1.54, 1.807) is 0 Å². The second kappa shape index (κ2) is 4.16. The van der Waals surface area contributed by atoms with Crippen LogP contribution in [-0.2, 0) is 6.42 Å². The fourth-order valence-corrected chi connectivity index (χ4v) is 4.32. The Kier molecular flexibility index (Phi) is 2.97. The van der Waals surface area contributed by atoms with Crippen molar-refractivity contribution in [1.29, 1.82) is 0 Å². The van der Waals surface area contributed by atoms with Gasteiger partial charge in [-0.3, -0.25) is 0 Å². The van der Waals surface area contributed by atoms with E-state index < -0.39 is 8.07 Å². The summed E-state index contributed by atoms with van der Waals surface area (Å²) in [6, 6.07) is 3.13. The molecule has 1 aliphatic rings. The summed E-state index contributed by atoms with van der Waals surface area (Å²) >= 11 is 0. The van der Waals surface area contributed by atoms with Crippen LogP contribution in [0.5, 0.6) is 0 Å². The third-order valence-corrected chi connectivity index (χ3v) is 5.39. The van der Waals surface area contributed by atoms with E-state index in [2.05, 4.69) is 29.7 Å². The maximum Gasteiger partial charge on any atom is 0.127 e. The van der Waals surface area contributed by atoms with Gasteiger partial charge in [0.25, 0.3) is 0 Å². The topological polar surface area (TPSA) is 48.8 Å². The molecule has 3 nitrogen and oxygen atoms in total. The molecule has 0 unspecified atom stereocenters. The first-order valence-corrected chi connectivity index (χ1v) is 9.31. The van der Waals surface area contributed by atoms with E-state index >= 15 is 0 Å². The minimum absolute atomic E-state index is 0.225.